The Kier molecular flexibility index (Phi) is 6.84. The zero-order chi connectivity index (χ0) is 22.2. The van der Waals surface area contributed by atoms with Crippen LogP contribution in [0.1, 0.15) is 106 Å². The van der Waals surface area contributed by atoms with Gasteiger partial charge in [0.25, 0.3) is 0 Å². The van der Waals surface area contributed by atoms with Gasteiger partial charge in [-0.2, -0.15) is 0 Å². The summed E-state index contributed by atoms with van der Waals surface area (Å²) in [7, 11) is 0. The number of hydrogen-bond donors (Lipinski definition) is 1. The van der Waals surface area contributed by atoms with E-state index in [1.807, 2.05) is 0 Å². The average Bonchev–Trinajstić information content (AvgIpc) is 3.10. The summed E-state index contributed by atoms with van der Waals surface area (Å²) in [4.78, 5) is 0. The third-order valence-corrected chi connectivity index (χ3v) is 10.4. The Morgan fingerprint density at radius 3 is 2.13 bits per heavy atom. The molecule has 1 heteroatoms. The highest BCUT2D eigenvalue weighted by Gasteiger charge is 2.55. The molecule has 0 spiro atoms. The second-order valence-corrected chi connectivity index (χ2v) is 12.8. The van der Waals surface area contributed by atoms with Gasteiger partial charge in [-0.15, -0.1) is 0 Å². The van der Waals surface area contributed by atoms with Crippen LogP contribution in [0.4, 0.5) is 0 Å². The van der Waals surface area contributed by atoms with Crippen molar-refractivity contribution in [2.75, 3.05) is 6.54 Å². The highest BCUT2D eigenvalue weighted by molar-refractivity contribution is 5.28. The summed E-state index contributed by atoms with van der Waals surface area (Å²) in [6.07, 6.45) is 9.85. The van der Waals surface area contributed by atoms with Crippen molar-refractivity contribution in [3.05, 3.63) is 35.9 Å². The van der Waals surface area contributed by atoms with Crippen LogP contribution in [-0.4, -0.2) is 12.6 Å². The molecular weight excluding hydrogens is 362 g/mol. The molecule has 1 aromatic carbocycles. The van der Waals surface area contributed by atoms with Crippen molar-refractivity contribution in [2.45, 2.75) is 112 Å². The molecule has 0 aromatic heterocycles. The first-order chi connectivity index (χ1) is 13.9. The maximum Gasteiger partial charge on any atom is 0.00985 e. The Hall–Kier alpha value is -0.820. The lowest BCUT2D eigenvalue weighted by Crippen LogP contribution is -2.54. The number of hydrogen-bond acceptors (Lipinski definition) is 1. The molecule has 0 bridgehead atoms. The molecule has 30 heavy (non-hydrogen) atoms. The first kappa shape index (κ1) is 23.8. The van der Waals surface area contributed by atoms with E-state index in [1.54, 1.807) is 0 Å². The summed E-state index contributed by atoms with van der Waals surface area (Å²) < 4.78 is 0. The molecule has 4 unspecified atom stereocenters. The molecule has 1 aliphatic heterocycles. The molecule has 1 aliphatic carbocycles. The average molecular weight is 412 g/mol. The minimum Gasteiger partial charge on any atom is -0.313 e. The quantitative estimate of drug-likeness (QED) is 0.479. The first-order valence-electron chi connectivity index (χ1n) is 12.7. The van der Waals surface area contributed by atoms with Crippen LogP contribution >= 0.6 is 0 Å². The molecule has 3 rings (SSSR count). The summed E-state index contributed by atoms with van der Waals surface area (Å²) in [6, 6.07) is 12.0. The predicted octanol–water partition coefficient (Wildman–Crippen LogP) is 7.99. The molecule has 1 saturated heterocycles. The van der Waals surface area contributed by atoms with Gasteiger partial charge in [0.05, 0.1) is 0 Å². The molecular formula is C29H49N. The van der Waals surface area contributed by atoms with Gasteiger partial charge in [-0.1, -0.05) is 105 Å². The largest absolute Gasteiger partial charge is 0.313 e. The SMILES string of the molecule is CC(C)(C)C(C)(CCCC1CNC2CCCCC12)C(C)(C)C(C)(C)c1ccccc1. The van der Waals surface area contributed by atoms with Crippen LogP contribution in [0.2, 0.25) is 0 Å². The Morgan fingerprint density at radius 2 is 1.50 bits per heavy atom. The van der Waals surface area contributed by atoms with Gasteiger partial charge < -0.3 is 5.32 Å². The number of benzene rings is 1. The lowest BCUT2D eigenvalue weighted by Gasteiger charge is -2.60. The van der Waals surface area contributed by atoms with E-state index >= 15 is 0 Å². The van der Waals surface area contributed by atoms with Crippen LogP contribution in [-0.2, 0) is 5.41 Å². The first-order valence-corrected chi connectivity index (χ1v) is 12.7. The monoisotopic (exact) mass is 411 g/mol. The maximum atomic E-state index is 3.86. The van der Waals surface area contributed by atoms with Gasteiger partial charge in [0.1, 0.15) is 0 Å². The van der Waals surface area contributed by atoms with E-state index in [0.717, 1.165) is 17.9 Å². The zero-order valence-electron chi connectivity index (χ0n) is 21.3. The van der Waals surface area contributed by atoms with E-state index in [1.165, 1.54) is 57.1 Å². The second-order valence-electron chi connectivity index (χ2n) is 12.8. The minimum absolute atomic E-state index is 0.111. The van der Waals surface area contributed by atoms with Gasteiger partial charge in [0.2, 0.25) is 0 Å². The van der Waals surface area contributed by atoms with Crippen molar-refractivity contribution < 1.29 is 0 Å². The Bertz CT molecular complexity index is 680. The highest BCUT2D eigenvalue weighted by Crippen LogP contribution is 2.62. The molecule has 1 aromatic rings. The predicted molar refractivity (Wildman–Crippen MR) is 132 cm³/mol. The lowest BCUT2D eigenvalue weighted by molar-refractivity contribution is -0.0783. The van der Waals surface area contributed by atoms with Crippen LogP contribution in [0.25, 0.3) is 0 Å². The van der Waals surface area contributed by atoms with Crippen LogP contribution in [0, 0.1) is 28.1 Å². The lowest BCUT2D eigenvalue weighted by atomic mass is 9.44. The molecule has 1 saturated carbocycles. The van der Waals surface area contributed by atoms with E-state index in [2.05, 4.69) is 91.0 Å². The molecule has 170 valence electrons. The van der Waals surface area contributed by atoms with Gasteiger partial charge in [-0.25, -0.2) is 0 Å². The summed E-state index contributed by atoms with van der Waals surface area (Å²) in [6.45, 7) is 21.3. The smallest absolute Gasteiger partial charge is 0.00985 e. The molecule has 1 nitrogen and oxygen atoms in total. The molecule has 1 N–H and O–H groups in total. The molecule has 0 amide bonds. The van der Waals surface area contributed by atoms with Crippen molar-refractivity contribution in [3.63, 3.8) is 0 Å². The molecule has 2 fully saturated rings. The van der Waals surface area contributed by atoms with Gasteiger partial charge >= 0.3 is 0 Å². The van der Waals surface area contributed by atoms with E-state index in [9.17, 15) is 0 Å². The van der Waals surface area contributed by atoms with Crippen LogP contribution < -0.4 is 5.32 Å². The number of fused-ring (bicyclic) bond motifs is 1. The molecule has 0 radical (unpaired) electrons. The molecule has 4 atom stereocenters. The van der Waals surface area contributed by atoms with Crippen LogP contribution in [0.3, 0.4) is 0 Å². The summed E-state index contributed by atoms with van der Waals surface area (Å²) in [5.74, 6) is 1.86. The fourth-order valence-corrected chi connectivity index (χ4v) is 7.00. The van der Waals surface area contributed by atoms with Crippen molar-refractivity contribution in [1.82, 2.24) is 5.32 Å². The van der Waals surface area contributed by atoms with Gasteiger partial charge in [0, 0.05) is 6.04 Å². The molecule has 1 heterocycles. The van der Waals surface area contributed by atoms with Gasteiger partial charge in [0.15, 0.2) is 0 Å². The topological polar surface area (TPSA) is 12.0 Å². The summed E-state index contributed by atoms with van der Waals surface area (Å²) >= 11 is 0. The Morgan fingerprint density at radius 1 is 0.867 bits per heavy atom. The Labute approximate surface area is 187 Å². The Balaban J connectivity index is 1.77. The summed E-state index contributed by atoms with van der Waals surface area (Å²) in [5, 5.41) is 3.86. The standard InChI is InChI=1S/C29H49N/c1-26(2,3)29(8,28(6,7)27(4,5)23-16-10-9-11-17-23)20-14-15-22-21-30-25-19-13-12-18-24(22)25/h9-11,16-17,22,24-25,30H,12-15,18-21H2,1-8H3. The van der Waals surface area contributed by atoms with E-state index in [0.29, 0.717) is 0 Å². The van der Waals surface area contributed by atoms with E-state index < -0.39 is 0 Å². The van der Waals surface area contributed by atoms with Crippen molar-refractivity contribution in [1.29, 1.82) is 0 Å². The second kappa shape index (κ2) is 8.61. The summed E-state index contributed by atoms with van der Waals surface area (Å²) in [5.41, 5.74) is 2.25. The minimum atomic E-state index is 0.111. The van der Waals surface area contributed by atoms with Crippen LogP contribution in [0.5, 0.6) is 0 Å². The van der Waals surface area contributed by atoms with E-state index in [4.69, 9.17) is 0 Å². The van der Waals surface area contributed by atoms with Gasteiger partial charge in [-0.3, -0.25) is 0 Å². The molecule has 2 aliphatic rings. The van der Waals surface area contributed by atoms with Gasteiger partial charge in [-0.05, 0) is 71.3 Å². The third kappa shape index (κ3) is 4.13. The van der Waals surface area contributed by atoms with Crippen LogP contribution in [0.15, 0.2) is 30.3 Å². The fourth-order valence-electron chi connectivity index (χ4n) is 7.00. The van der Waals surface area contributed by atoms with E-state index in [-0.39, 0.29) is 21.7 Å². The van der Waals surface area contributed by atoms with Crippen molar-refractivity contribution in [2.24, 2.45) is 28.1 Å². The number of rotatable bonds is 7. The zero-order valence-corrected chi connectivity index (χ0v) is 21.3. The maximum absolute atomic E-state index is 3.86. The highest BCUT2D eigenvalue weighted by atomic mass is 15.0. The fraction of sp³-hybridized carbons (Fsp3) is 0.793. The van der Waals surface area contributed by atoms with Crippen molar-refractivity contribution >= 4 is 0 Å². The third-order valence-electron chi connectivity index (χ3n) is 10.4. The normalized spacial score (nSPS) is 27.5. The number of nitrogens with one attached hydrogen (secondary N) is 1. The van der Waals surface area contributed by atoms with Crippen molar-refractivity contribution in [3.8, 4) is 0 Å².